The van der Waals surface area contributed by atoms with E-state index in [1.807, 2.05) is 30.3 Å². The lowest BCUT2D eigenvalue weighted by atomic mass is 10.1. The Balaban J connectivity index is 2.38. The first-order valence-corrected chi connectivity index (χ1v) is 7.15. The van der Waals surface area contributed by atoms with E-state index < -0.39 is 11.2 Å². The highest BCUT2D eigenvalue weighted by Gasteiger charge is 2.25. The zero-order chi connectivity index (χ0) is 14.5. The molecule has 0 saturated heterocycles. The van der Waals surface area contributed by atoms with E-state index in [-0.39, 0.29) is 0 Å². The van der Waals surface area contributed by atoms with Crippen molar-refractivity contribution in [3.8, 4) is 5.75 Å². The quantitative estimate of drug-likeness (QED) is 0.838. The lowest BCUT2D eigenvalue weighted by Crippen LogP contribution is -2.09. The van der Waals surface area contributed by atoms with Crippen molar-refractivity contribution >= 4 is 29.3 Å². The molecular weight excluding hydrogens is 296 g/mol. The molecule has 5 heteroatoms. The minimum atomic E-state index is -0.931. The molecule has 0 aliphatic carbocycles. The molecule has 0 aromatic heterocycles. The second-order valence-electron chi connectivity index (χ2n) is 4.04. The topological polar surface area (TPSA) is 46.5 Å². The van der Waals surface area contributed by atoms with Crippen LogP contribution in [0.2, 0.25) is 5.02 Å². The van der Waals surface area contributed by atoms with E-state index in [0.29, 0.717) is 16.3 Å². The summed E-state index contributed by atoms with van der Waals surface area (Å²) in [6.07, 6.45) is 0. The van der Waals surface area contributed by atoms with E-state index in [4.69, 9.17) is 16.3 Å². The van der Waals surface area contributed by atoms with Gasteiger partial charge in [0.05, 0.1) is 7.11 Å². The number of methoxy groups -OCH3 is 1. The average Bonchev–Trinajstić information content (AvgIpc) is 2.45. The second kappa shape index (κ2) is 6.68. The first kappa shape index (κ1) is 14.8. The summed E-state index contributed by atoms with van der Waals surface area (Å²) in [6.45, 7) is 0. The van der Waals surface area contributed by atoms with Crippen LogP contribution in [-0.2, 0) is 4.79 Å². The molecular formula is C15H13ClO3S. The Kier molecular flexibility index (Phi) is 4.93. The molecule has 0 spiro atoms. The Hall–Kier alpha value is -1.65. The molecule has 20 heavy (non-hydrogen) atoms. The molecule has 0 aliphatic heterocycles. The van der Waals surface area contributed by atoms with Gasteiger partial charge in [-0.15, -0.1) is 11.8 Å². The van der Waals surface area contributed by atoms with Crippen LogP contribution in [0.25, 0.3) is 0 Å². The molecule has 104 valence electrons. The fraction of sp³-hybridized carbons (Fsp3) is 0.133. The number of benzene rings is 2. The van der Waals surface area contributed by atoms with Crippen LogP contribution < -0.4 is 4.74 Å². The summed E-state index contributed by atoms with van der Waals surface area (Å²) < 4.78 is 5.23. The van der Waals surface area contributed by atoms with Gasteiger partial charge in [-0.05, 0) is 30.3 Å². The van der Waals surface area contributed by atoms with Crippen molar-refractivity contribution in [1.29, 1.82) is 0 Å². The predicted molar refractivity (Wildman–Crippen MR) is 80.7 cm³/mol. The van der Waals surface area contributed by atoms with Crippen molar-refractivity contribution in [2.75, 3.05) is 7.11 Å². The number of aliphatic carboxylic acids is 1. The van der Waals surface area contributed by atoms with Crippen LogP contribution in [0, 0.1) is 0 Å². The zero-order valence-corrected chi connectivity index (χ0v) is 12.3. The summed E-state index contributed by atoms with van der Waals surface area (Å²) in [6, 6.07) is 14.4. The number of halogens is 1. The summed E-state index contributed by atoms with van der Waals surface area (Å²) in [5.41, 5.74) is 0.557. The van der Waals surface area contributed by atoms with Crippen molar-refractivity contribution in [2.24, 2.45) is 0 Å². The van der Waals surface area contributed by atoms with Crippen molar-refractivity contribution < 1.29 is 14.6 Å². The maximum Gasteiger partial charge on any atom is 0.321 e. The molecule has 1 atom stereocenters. The fourth-order valence-corrected chi connectivity index (χ4v) is 2.97. The standard InChI is InChI=1S/C15H13ClO3S/c1-19-13-8-7-10(16)9-12(13)14(15(17)18)20-11-5-3-2-4-6-11/h2-9,14H,1H3,(H,17,18). The fourth-order valence-electron chi connectivity index (χ4n) is 1.79. The largest absolute Gasteiger partial charge is 0.496 e. The van der Waals surface area contributed by atoms with Crippen LogP contribution in [0.5, 0.6) is 5.75 Å². The van der Waals surface area contributed by atoms with E-state index >= 15 is 0 Å². The second-order valence-corrected chi connectivity index (χ2v) is 5.65. The van der Waals surface area contributed by atoms with Crippen LogP contribution in [0.1, 0.15) is 10.8 Å². The van der Waals surface area contributed by atoms with Crippen molar-refractivity contribution in [2.45, 2.75) is 10.1 Å². The van der Waals surface area contributed by atoms with E-state index in [1.54, 1.807) is 18.2 Å². The van der Waals surface area contributed by atoms with E-state index in [2.05, 4.69) is 0 Å². The Labute approximate surface area is 126 Å². The smallest absolute Gasteiger partial charge is 0.321 e. The summed E-state index contributed by atoms with van der Waals surface area (Å²) in [4.78, 5) is 12.4. The summed E-state index contributed by atoms with van der Waals surface area (Å²) >= 11 is 7.22. The minimum absolute atomic E-state index is 0.487. The highest BCUT2D eigenvalue weighted by atomic mass is 35.5. The third-order valence-electron chi connectivity index (χ3n) is 2.70. The third-order valence-corrected chi connectivity index (χ3v) is 4.17. The molecule has 2 rings (SSSR count). The number of carboxylic acid groups (broad SMARTS) is 1. The monoisotopic (exact) mass is 308 g/mol. The predicted octanol–water partition coefficient (Wildman–Crippen LogP) is 4.27. The number of hydrogen-bond donors (Lipinski definition) is 1. The van der Waals surface area contributed by atoms with Gasteiger partial charge in [-0.3, -0.25) is 4.79 Å². The van der Waals surface area contributed by atoms with Gasteiger partial charge in [0.1, 0.15) is 11.0 Å². The number of carboxylic acids is 1. The SMILES string of the molecule is COc1ccc(Cl)cc1C(Sc1ccccc1)C(=O)O. The molecule has 2 aromatic carbocycles. The van der Waals surface area contributed by atoms with Gasteiger partial charge in [0, 0.05) is 15.5 Å². The first-order chi connectivity index (χ1) is 9.61. The Morgan fingerprint density at radius 3 is 2.55 bits per heavy atom. The Morgan fingerprint density at radius 1 is 1.25 bits per heavy atom. The molecule has 0 bridgehead atoms. The molecule has 0 aliphatic rings. The molecule has 3 nitrogen and oxygen atoms in total. The molecule has 0 heterocycles. The summed E-state index contributed by atoms with van der Waals surface area (Å²) in [5.74, 6) is -0.412. The number of ether oxygens (including phenoxy) is 1. The Morgan fingerprint density at radius 2 is 1.95 bits per heavy atom. The molecule has 0 fully saturated rings. The zero-order valence-electron chi connectivity index (χ0n) is 10.7. The lowest BCUT2D eigenvalue weighted by Gasteiger charge is -2.16. The maximum atomic E-state index is 11.6. The van der Waals surface area contributed by atoms with Crippen molar-refractivity contribution in [3.05, 3.63) is 59.1 Å². The van der Waals surface area contributed by atoms with Gasteiger partial charge in [-0.25, -0.2) is 0 Å². The minimum Gasteiger partial charge on any atom is -0.496 e. The van der Waals surface area contributed by atoms with Crippen LogP contribution >= 0.6 is 23.4 Å². The lowest BCUT2D eigenvalue weighted by molar-refractivity contribution is -0.136. The van der Waals surface area contributed by atoms with Gasteiger partial charge >= 0.3 is 5.97 Å². The number of carbonyl (C=O) groups is 1. The van der Waals surface area contributed by atoms with Crippen molar-refractivity contribution in [1.82, 2.24) is 0 Å². The summed E-state index contributed by atoms with van der Waals surface area (Å²) in [7, 11) is 1.51. The highest BCUT2D eigenvalue weighted by molar-refractivity contribution is 8.00. The average molecular weight is 309 g/mol. The molecule has 0 amide bonds. The van der Waals surface area contributed by atoms with E-state index in [0.717, 1.165) is 4.90 Å². The van der Waals surface area contributed by atoms with Crippen LogP contribution in [0.15, 0.2) is 53.4 Å². The van der Waals surface area contributed by atoms with Gasteiger partial charge in [0.25, 0.3) is 0 Å². The van der Waals surface area contributed by atoms with Gasteiger partial charge in [0.15, 0.2) is 0 Å². The number of rotatable bonds is 5. The normalized spacial score (nSPS) is 11.9. The Bertz CT molecular complexity index is 601. The van der Waals surface area contributed by atoms with Gasteiger partial charge < -0.3 is 9.84 Å². The molecule has 0 radical (unpaired) electrons. The van der Waals surface area contributed by atoms with Crippen LogP contribution in [0.4, 0.5) is 0 Å². The van der Waals surface area contributed by atoms with Gasteiger partial charge in [0.2, 0.25) is 0 Å². The summed E-state index contributed by atoms with van der Waals surface area (Å²) in [5, 5.41) is 9.19. The number of thioether (sulfide) groups is 1. The maximum absolute atomic E-state index is 11.6. The third kappa shape index (κ3) is 3.46. The molecule has 1 N–H and O–H groups in total. The first-order valence-electron chi connectivity index (χ1n) is 5.89. The van der Waals surface area contributed by atoms with Gasteiger partial charge in [-0.2, -0.15) is 0 Å². The number of hydrogen-bond acceptors (Lipinski definition) is 3. The van der Waals surface area contributed by atoms with Crippen LogP contribution in [-0.4, -0.2) is 18.2 Å². The van der Waals surface area contributed by atoms with Crippen LogP contribution in [0.3, 0.4) is 0 Å². The van der Waals surface area contributed by atoms with Gasteiger partial charge in [-0.1, -0.05) is 29.8 Å². The van der Waals surface area contributed by atoms with Crippen molar-refractivity contribution in [3.63, 3.8) is 0 Å². The van der Waals surface area contributed by atoms with E-state index in [9.17, 15) is 9.90 Å². The molecule has 2 aromatic rings. The molecule has 0 saturated carbocycles. The highest BCUT2D eigenvalue weighted by Crippen LogP contribution is 2.40. The molecule has 1 unspecified atom stereocenters. The van der Waals surface area contributed by atoms with E-state index in [1.165, 1.54) is 18.9 Å².